The maximum absolute atomic E-state index is 12.1. The largest absolute Gasteiger partial charge is 0.451 e. The summed E-state index contributed by atoms with van der Waals surface area (Å²) in [6, 6.07) is 10.8. The van der Waals surface area contributed by atoms with Crippen molar-refractivity contribution >= 4 is 17.5 Å². The van der Waals surface area contributed by atoms with Crippen molar-refractivity contribution in [1.82, 2.24) is 5.32 Å². The van der Waals surface area contributed by atoms with Crippen LogP contribution in [0.4, 0.5) is 0 Å². The maximum Gasteiger partial charge on any atom is 0.287 e. The van der Waals surface area contributed by atoms with Crippen LogP contribution in [0.1, 0.15) is 29.8 Å². The Hall–Kier alpha value is -1.82. The van der Waals surface area contributed by atoms with Gasteiger partial charge in [-0.1, -0.05) is 23.7 Å². The van der Waals surface area contributed by atoms with Gasteiger partial charge in [0.2, 0.25) is 0 Å². The highest BCUT2D eigenvalue weighted by atomic mass is 35.5. The van der Waals surface area contributed by atoms with E-state index >= 15 is 0 Å². The molecule has 0 spiro atoms. The molecule has 1 aromatic carbocycles. The van der Waals surface area contributed by atoms with Crippen molar-refractivity contribution in [3.8, 4) is 11.3 Å². The third-order valence-corrected chi connectivity index (χ3v) is 4.38. The third-order valence-electron chi connectivity index (χ3n) is 4.05. The molecule has 1 aromatic heterocycles. The predicted octanol–water partition coefficient (Wildman–Crippen LogP) is 3.92. The average Bonchev–Trinajstić information content (AvgIpc) is 3.30. The molecule has 1 aliphatic rings. The Morgan fingerprint density at radius 3 is 2.96 bits per heavy atom. The minimum atomic E-state index is -0.238. The van der Waals surface area contributed by atoms with Gasteiger partial charge in [-0.2, -0.15) is 0 Å². The molecule has 1 N–H and O–H groups in total. The number of benzene rings is 1. The molecule has 134 valence electrons. The first-order valence-corrected chi connectivity index (χ1v) is 8.94. The van der Waals surface area contributed by atoms with Crippen LogP contribution < -0.4 is 5.32 Å². The van der Waals surface area contributed by atoms with Gasteiger partial charge in [-0.3, -0.25) is 4.79 Å². The first kappa shape index (κ1) is 18.0. The molecule has 1 unspecified atom stereocenters. The number of rotatable bonds is 8. The second-order valence-electron chi connectivity index (χ2n) is 5.96. The molecule has 2 heterocycles. The molecular weight excluding hydrogens is 342 g/mol. The van der Waals surface area contributed by atoms with Crippen LogP contribution in [0.3, 0.4) is 0 Å². The summed E-state index contributed by atoms with van der Waals surface area (Å²) in [5.41, 5.74) is 0.769. The fourth-order valence-corrected chi connectivity index (χ4v) is 2.95. The number of carbonyl (C=O) groups excluding carboxylic acids is 1. The van der Waals surface area contributed by atoms with E-state index in [9.17, 15) is 4.79 Å². The van der Waals surface area contributed by atoms with E-state index in [1.807, 2.05) is 18.2 Å². The van der Waals surface area contributed by atoms with Gasteiger partial charge < -0.3 is 19.2 Å². The van der Waals surface area contributed by atoms with E-state index in [0.29, 0.717) is 30.5 Å². The zero-order valence-corrected chi connectivity index (χ0v) is 14.8. The second kappa shape index (κ2) is 9.04. The Morgan fingerprint density at radius 1 is 1.28 bits per heavy atom. The topological polar surface area (TPSA) is 60.7 Å². The minimum Gasteiger partial charge on any atom is -0.451 e. The van der Waals surface area contributed by atoms with Gasteiger partial charge in [0.05, 0.1) is 17.7 Å². The highest BCUT2D eigenvalue weighted by molar-refractivity contribution is 6.33. The normalized spacial score (nSPS) is 16.9. The van der Waals surface area contributed by atoms with E-state index in [0.717, 1.165) is 31.4 Å². The van der Waals surface area contributed by atoms with Crippen LogP contribution >= 0.6 is 11.6 Å². The molecule has 1 atom stereocenters. The molecule has 6 heteroatoms. The number of hydrogen-bond donors (Lipinski definition) is 1. The number of hydrogen-bond acceptors (Lipinski definition) is 4. The van der Waals surface area contributed by atoms with Gasteiger partial charge in [-0.15, -0.1) is 0 Å². The number of nitrogens with one attached hydrogen (secondary N) is 1. The summed E-state index contributed by atoms with van der Waals surface area (Å²) in [7, 11) is 0. The number of furan rings is 1. The molecule has 2 aromatic rings. The van der Waals surface area contributed by atoms with Crippen molar-refractivity contribution in [3.63, 3.8) is 0 Å². The first-order valence-electron chi connectivity index (χ1n) is 8.56. The van der Waals surface area contributed by atoms with Crippen molar-refractivity contribution in [2.24, 2.45) is 0 Å². The molecule has 1 aliphatic heterocycles. The Bertz CT molecular complexity index is 694. The van der Waals surface area contributed by atoms with E-state index in [4.69, 9.17) is 25.5 Å². The van der Waals surface area contributed by atoms with Crippen LogP contribution in [-0.4, -0.2) is 38.4 Å². The van der Waals surface area contributed by atoms with Gasteiger partial charge in [-0.25, -0.2) is 0 Å². The highest BCUT2D eigenvalue weighted by Crippen LogP contribution is 2.28. The van der Waals surface area contributed by atoms with E-state index in [2.05, 4.69) is 5.32 Å². The Kier molecular flexibility index (Phi) is 6.50. The molecular formula is C19H22ClNO4. The molecule has 25 heavy (non-hydrogen) atoms. The first-order chi connectivity index (χ1) is 12.2. The number of halogens is 1. The Morgan fingerprint density at radius 2 is 2.16 bits per heavy atom. The highest BCUT2D eigenvalue weighted by Gasteiger charge is 2.15. The number of carbonyl (C=O) groups is 1. The monoisotopic (exact) mass is 363 g/mol. The molecule has 0 radical (unpaired) electrons. The van der Waals surface area contributed by atoms with E-state index in [1.165, 1.54) is 0 Å². The third kappa shape index (κ3) is 5.08. The van der Waals surface area contributed by atoms with E-state index in [1.54, 1.807) is 18.2 Å². The maximum atomic E-state index is 12.1. The van der Waals surface area contributed by atoms with E-state index < -0.39 is 0 Å². The van der Waals surface area contributed by atoms with Crippen molar-refractivity contribution < 1.29 is 18.7 Å². The van der Waals surface area contributed by atoms with Crippen LogP contribution in [0.25, 0.3) is 11.3 Å². The molecule has 1 fully saturated rings. The molecule has 1 amide bonds. The van der Waals surface area contributed by atoms with Gasteiger partial charge in [0.15, 0.2) is 5.76 Å². The lowest BCUT2D eigenvalue weighted by atomic mass is 10.2. The van der Waals surface area contributed by atoms with Crippen LogP contribution in [0.15, 0.2) is 40.8 Å². The molecule has 0 aliphatic carbocycles. The smallest absolute Gasteiger partial charge is 0.287 e. The summed E-state index contributed by atoms with van der Waals surface area (Å²) in [6.07, 6.45) is 3.17. The average molecular weight is 364 g/mol. The van der Waals surface area contributed by atoms with Gasteiger partial charge in [-0.05, 0) is 43.5 Å². The lowest BCUT2D eigenvalue weighted by molar-refractivity contribution is 0.0166. The van der Waals surface area contributed by atoms with Crippen LogP contribution in [0.2, 0.25) is 5.02 Å². The summed E-state index contributed by atoms with van der Waals surface area (Å²) in [5.74, 6) is 0.614. The SMILES string of the molecule is O=C(NCCCOCC1CCCO1)c1ccc(-c2ccccc2Cl)o1. The van der Waals surface area contributed by atoms with Gasteiger partial charge in [0.1, 0.15) is 5.76 Å². The van der Waals surface area contributed by atoms with Crippen LogP contribution in [0, 0.1) is 0 Å². The fourth-order valence-electron chi connectivity index (χ4n) is 2.72. The summed E-state index contributed by atoms with van der Waals surface area (Å²) in [5, 5.41) is 3.42. The zero-order valence-electron chi connectivity index (χ0n) is 14.0. The van der Waals surface area contributed by atoms with Gasteiger partial charge >= 0.3 is 0 Å². The van der Waals surface area contributed by atoms with Crippen molar-refractivity contribution in [1.29, 1.82) is 0 Å². The van der Waals surface area contributed by atoms with Crippen LogP contribution in [-0.2, 0) is 9.47 Å². The van der Waals surface area contributed by atoms with Crippen LogP contribution in [0.5, 0.6) is 0 Å². The molecule has 3 rings (SSSR count). The van der Waals surface area contributed by atoms with Gasteiger partial charge in [0, 0.05) is 25.3 Å². The fraction of sp³-hybridized carbons (Fsp3) is 0.421. The molecule has 0 saturated carbocycles. The summed E-state index contributed by atoms with van der Waals surface area (Å²) in [6.45, 7) is 2.60. The second-order valence-corrected chi connectivity index (χ2v) is 6.37. The van der Waals surface area contributed by atoms with Gasteiger partial charge in [0.25, 0.3) is 5.91 Å². The summed E-state index contributed by atoms with van der Waals surface area (Å²) < 4.78 is 16.7. The Labute approximate surface area is 152 Å². The lowest BCUT2D eigenvalue weighted by Gasteiger charge is -2.10. The summed E-state index contributed by atoms with van der Waals surface area (Å²) in [4.78, 5) is 12.1. The minimum absolute atomic E-state index is 0.237. The molecule has 0 bridgehead atoms. The van der Waals surface area contributed by atoms with E-state index in [-0.39, 0.29) is 17.8 Å². The molecule has 5 nitrogen and oxygen atoms in total. The quantitative estimate of drug-likeness (QED) is 0.722. The Balaban J connectivity index is 1.39. The number of ether oxygens (including phenoxy) is 2. The summed E-state index contributed by atoms with van der Waals surface area (Å²) >= 11 is 6.14. The zero-order chi connectivity index (χ0) is 17.5. The lowest BCUT2D eigenvalue weighted by Crippen LogP contribution is -2.25. The standard InChI is InChI=1S/C19H22ClNO4/c20-16-7-2-1-6-15(16)17-8-9-18(25-17)19(22)21-10-4-11-23-13-14-5-3-12-24-14/h1-2,6-9,14H,3-5,10-13H2,(H,21,22). The van der Waals surface area contributed by atoms with Crippen molar-refractivity contribution in [2.45, 2.75) is 25.4 Å². The van der Waals surface area contributed by atoms with Crippen molar-refractivity contribution in [3.05, 3.63) is 47.2 Å². The molecule has 1 saturated heterocycles. The predicted molar refractivity (Wildman–Crippen MR) is 95.9 cm³/mol. The van der Waals surface area contributed by atoms with Crippen molar-refractivity contribution in [2.75, 3.05) is 26.4 Å². The number of amides is 1.